The Morgan fingerprint density at radius 1 is 0.962 bits per heavy atom. The molecule has 4 nitrogen and oxygen atoms in total. The fourth-order valence-electron chi connectivity index (χ4n) is 3.45. The number of aryl methyl sites for hydroxylation is 1. The molecule has 1 aliphatic rings. The van der Waals surface area contributed by atoms with Crippen molar-refractivity contribution < 1.29 is 8.42 Å². The van der Waals surface area contributed by atoms with E-state index in [9.17, 15) is 8.42 Å². The van der Waals surface area contributed by atoms with Crippen LogP contribution in [0.2, 0.25) is 0 Å². The number of aromatic nitrogens is 1. The SMILES string of the molecule is Cc1ccc(S(=O)(=O)N2CCn3cccc3C2c2ccc(Br)cc2)cc1. The molecule has 26 heavy (non-hydrogen) atoms. The summed E-state index contributed by atoms with van der Waals surface area (Å²) in [6.45, 7) is 3.05. The summed E-state index contributed by atoms with van der Waals surface area (Å²) in [6, 6.07) is 18.6. The normalized spacial score (nSPS) is 17.8. The Bertz CT molecular complexity index is 1020. The van der Waals surface area contributed by atoms with Gasteiger partial charge in [-0.3, -0.25) is 0 Å². The molecule has 0 radical (unpaired) electrons. The Kier molecular flexibility index (Phi) is 4.50. The van der Waals surface area contributed by atoms with Gasteiger partial charge >= 0.3 is 0 Å². The minimum atomic E-state index is -3.60. The van der Waals surface area contributed by atoms with Crippen molar-refractivity contribution in [3.8, 4) is 0 Å². The van der Waals surface area contributed by atoms with Gasteiger partial charge in [-0.05, 0) is 48.9 Å². The predicted molar refractivity (Wildman–Crippen MR) is 105 cm³/mol. The minimum Gasteiger partial charge on any atom is -0.348 e. The van der Waals surface area contributed by atoms with Crippen LogP contribution in [0.1, 0.15) is 22.9 Å². The fraction of sp³-hybridized carbons (Fsp3) is 0.200. The summed E-state index contributed by atoms with van der Waals surface area (Å²) >= 11 is 3.45. The molecule has 0 fully saturated rings. The molecule has 4 rings (SSSR count). The third-order valence-electron chi connectivity index (χ3n) is 4.81. The molecule has 0 saturated heterocycles. The molecule has 1 atom stereocenters. The number of nitrogens with zero attached hydrogens (tertiary/aromatic N) is 2. The van der Waals surface area contributed by atoms with Gasteiger partial charge in [0.15, 0.2) is 0 Å². The monoisotopic (exact) mass is 430 g/mol. The van der Waals surface area contributed by atoms with Crippen LogP contribution in [0.3, 0.4) is 0 Å². The standard InChI is InChI=1S/C20H19BrN2O2S/c1-15-4-10-18(11-5-15)26(24,25)23-14-13-22-12-2-3-19(22)20(23)16-6-8-17(21)9-7-16/h2-12,20H,13-14H2,1H3. The van der Waals surface area contributed by atoms with Gasteiger partial charge in [0.25, 0.3) is 0 Å². The van der Waals surface area contributed by atoms with Crippen LogP contribution in [0, 0.1) is 6.92 Å². The predicted octanol–water partition coefficient (Wildman–Crippen LogP) is 4.35. The second-order valence-electron chi connectivity index (χ2n) is 6.51. The minimum absolute atomic E-state index is 0.335. The molecule has 1 aliphatic heterocycles. The van der Waals surface area contributed by atoms with Crippen LogP contribution < -0.4 is 0 Å². The van der Waals surface area contributed by atoms with E-state index in [1.807, 2.05) is 61.7 Å². The summed E-state index contributed by atoms with van der Waals surface area (Å²) in [5.41, 5.74) is 3.00. The lowest BCUT2D eigenvalue weighted by molar-refractivity contribution is 0.298. The first-order valence-corrected chi connectivity index (χ1v) is 10.7. The van der Waals surface area contributed by atoms with Crippen molar-refractivity contribution in [1.29, 1.82) is 0 Å². The van der Waals surface area contributed by atoms with Crippen LogP contribution in [-0.4, -0.2) is 23.8 Å². The van der Waals surface area contributed by atoms with Gasteiger partial charge in [0, 0.05) is 29.5 Å². The highest BCUT2D eigenvalue weighted by atomic mass is 79.9. The van der Waals surface area contributed by atoms with Crippen molar-refractivity contribution in [2.75, 3.05) is 6.54 Å². The number of benzene rings is 2. The quantitative estimate of drug-likeness (QED) is 0.619. The summed E-state index contributed by atoms with van der Waals surface area (Å²) in [5.74, 6) is 0. The molecular weight excluding hydrogens is 412 g/mol. The molecule has 0 saturated carbocycles. The van der Waals surface area contributed by atoms with Gasteiger partial charge in [0.2, 0.25) is 10.0 Å². The summed E-state index contributed by atoms with van der Waals surface area (Å²) in [5, 5.41) is 0. The number of rotatable bonds is 3. The maximum absolute atomic E-state index is 13.4. The first-order valence-electron chi connectivity index (χ1n) is 8.46. The van der Waals surface area contributed by atoms with Gasteiger partial charge in [-0.1, -0.05) is 45.8 Å². The highest BCUT2D eigenvalue weighted by Crippen LogP contribution is 2.36. The number of sulfonamides is 1. The Balaban J connectivity index is 1.83. The molecule has 134 valence electrons. The number of hydrogen-bond acceptors (Lipinski definition) is 2. The zero-order valence-corrected chi connectivity index (χ0v) is 16.7. The number of halogens is 1. The first kappa shape index (κ1) is 17.5. The van der Waals surface area contributed by atoms with Gasteiger partial charge in [-0.25, -0.2) is 8.42 Å². The van der Waals surface area contributed by atoms with E-state index in [2.05, 4.69) is 20.5 Å². The van der Waals surface area contributed by atoms with E-state index in [1.165, 1.54) is 0 Å². The van der Waals surface area contributed by atoms with E-state index in [4.69, 9.17) is 0 Å². The lowest BCUT2D eigenvalue weighted by Gasteiger charge is -2.36. The van der Waals surface area contributed by atoms with Gasteiger partial charge in [0.05, 0.1) is 10.9 Å². The lowest BCUT2D eigenvalue weighted by Crippen LogP contribution is -2.42. The van der Waals surface area contributed by atoms with Gasteiger partial charge in [0.1, 0.15) is 0 Å². The molecule has 0 aliphatic carbocycles. The third kappa shape index (κ3) is 3.02. The van der Waals surface area contributed by atoms with E-state index in [0.29, 0.717) is 18.0 Å². The molecule has 3 aromatic rings. The van der Waals surface area contributed by atoms with Crippen molar-refractivity contribution in [3.05, 3.63) is 88.2 Å². The average molecular weight is 431 g/mol. The van der Waals surface area contributed by atoms with E-state index in [-0.39, 0.29) is 6.04 Å². The smallest absolute Gasteiger partial charge is 0.244 e. The summed E-state index contributed by atoms with van der Waals surface area (Å²) < 4.78 is 31.5. The second-order valence-corrected chi connectivity index (χ2v) is 9.32. The molecule has 0 amide bonds. The van der Waals surface area contributed by atoms with E-state index < -0.39 is 10.0 Å². The largest absolute Gasteiger partial charge is 0.348 e. The Labute approximate surface area is 162 Å². The van der Waals surface area contributed by atoms with Gasteiger partial charge in [-0.15, -0.1) is 0 Å². The second kappa shape index (κ2) is 6.68. The topological polar surface area (TPSA) is 42.3 Å². The first-order chi connectivity index (χ1) is 12.5. The van der Waals surface area contributed by atoms with Crippen molar-refractivity contribution >= 4 is 26.0 Å². The fourth-order valence-corrected chi connectivity index (χ4v) is 5.29. The molecule has 0 spiro atoms. The molecule has 0 bridgehead atoms. The molecule has 1 unspecified atom stereocenters. The van der Waals surface area contributed by atoms with Crippen molar-refractivity contribution in [2.24, 2.45) is 0 Å². The Morgan fingerprint density at radius 2 is 1.65 bits per heavy atom. The van der Waals surface area contributed by atoms with Crippen molar-refractivity contribution in [2.45, 2.75) is 24.4 Å². The van der Waals surface area contributed by atoms with Crippen LogP contribution in [0.15, 0.2) is 76.2 Å². The molecule has 6 heteroatoms. The Morgan fingerprint density at radius 3 is 2.35 bits per heavy atom. The average Bonchev–Trinajstić information content (AvgIpc) is 3.11. The van der Waals surface area contributed by atoms with E-state index in [1.54, 1.807) is 16.4 Å². The van der Waals surface area contributed by atoms with Crippen LogP contribution in [0.4, 0.5) is 0 Å². The molecular formula is C20H19BrN2O2S. The third-order valence-corrected chi connectivity index (χ3v) is 7.21. The lowest BCUT2D eigenvalue weighted by atomic mass is 10.0. The van der Waals surface area contributed by atoms with Gasteiger partial charge in [-0.2, -0.15) is 4.31 Å². The zero-order chi connectivity index (χ0) is 18.3. The Hall–Kier alpha value is -1.89. The van der Waals surface area contributed by atoms with Gasteiger partial charge < -0.3 is 4.57 Å². The highest BCUT2D eigenvalue weighted by molar-refractivity contribution is 9.10. The van der Waals surface area contributed by atoms with Crippen LogP contribution in [0.5, 0.6) is 0 Å². The van der Waals surface area contributed by atoms with E-state index in [0.717, 1.165) is 21.3 Å². The summed E-state index contributed by atoms with van der Waals surface area (Å²) in [4.78, 5) is 0.338. The molecule has 2 aromatic carbocycles. The van der Waals surface area contributed by atoms with Crippen molar-refractivity contribution in [1.82, 2.24) is 8.87 Å². The summed E-state index contributed by atoms with van der Waals surface area (Å²) in [7, 11) is -3.60. The zero-order valence-electron chi connectivity index (χ0n) is 14.3. The molecule has 2 heterocycles. The number of hydrogen-bond donors (Lipinski definition) is 0. The summed E-state index contributed by atoms with van der Waals surface area (Å²) in [6.07, 6.45) is 2.01. The maximum atomic E-state index is 13.4. The highest BCUT2D eigenvalue weighted by Gasteiger charge is 2.37. The van der Waals surface area contributed by atoms with Crippen LogP contribution >= 0.6 is 15.9 Å². The van der Waals surface area contributed by atoms with Crippen molar-refractivity contribution in [3.63, 3.8) is 0 Å². The van der Waals surface area contributed by atoms with Crippen LogP contribution in [-0.2, 0) is 16.6 Å². The van der Waals surface area contributed by atoms with E-state index >= 15 is 0 Å². The molecule has 1 aromatic heterocycles. The van der Waals surface area contributed by atoms with Crippen LogP contribution in [0.25, 0.3) is 0 Å². The molecule has 0 N–H and O–H groups in total. The number of fused-ring (bicyclic) bond motifs is 1. The maximum Gasteiger partial charge on any atom is 0.244 e.